The smallest absolute Gasteiger partial charge is 0.0823 e. The van der Waals surface area contributed by atoms with Gasteiger partial charge in [-0.15, -0.1) is 0 Å². The second-order valence-corrected chi connectivity index (χ2v) is 6.77. The lowest BCUT2D eigenvalue weighted by molar-refractivity contribution is 0.00386. The minimum atomic E-state index is -0.449. The van der Waals surface area contributed by atoms with Crippen molar-refractivity contribution in [3.8, 4) is 0 Å². The first kappa shape index (κ1) is 14.2. The van der Waals surface area contributed by atoms with E-state index < -0.39 is 6.10 Å². The molecule has 0 aromatic heterocycles. The summed E-state index contributed by atoms with van der Waals surface area (Å²) in [6.07, 6.45) is 4.27. The van der Waals surface area contributed by atoms with Gasteiger partial charge in [0.1, 0.15) is 0 Å². The maximum atomic E-state index is 10.6. The lowest BCUT2D eigenvalue weighted by Gasteiger charge is -2.41. The highest BCUT2D eigenvalue weighted by molar-refractivity contribution is 6.42. The van der Waals surface area contributed by atoms with Crippen molar-refractivity contribution in [1.29, 1.82) is 0 Å². The Morgan fingerprint density at radius 2 is 1.94 bits per heavy atom. The van der Waals surface area contributed by atoms with E-state index in [0.717, 1.165) is 12.0 Å². The van der Waals surface area contributed by atoms with Crippen molar-refractivity contribution in [2.75, 3.05) is 0 Å². The van der Waals surface area contributed by atoms with Crippen molar-refractivity contribution < 1.29 is 5.11 Å². The van der Waals surface area contributed by atoms with Crippen LogP contribution in [0.25, 0.3) is 0 Å². The molecule has 0 saturated heterocycles. The van der Waals surface area contributed by atoms with Crippen LogP contribution in [-0.4, -0.2) is 5.11 Å². The number of aliphatic hydroxyl groups is 1. The first-order chi connectivity index (χ1) is 8.42. The summed E-state index contributed by atoms with van der Waals surface area (Å²) in [5.41, 5.74) is 1.06. The topological polar surface area (TPSA) is 20.2 Å². The zero-order chi connectivity index (χ0) is 13.3. The third-order valence-electron chi connectivity index (χ3n) is 4.26. The molecule has 1 fully saturated rings. The molecule has 1 aliphatic rings. The number of benzene rings is 1. The number of hydrogen-bond donors (Lipinski definition) is 1. The molecule has 2 unspecified atom stereocenters. The largest absolute Gasteiger partial charge is 0.388 e. The number of aliphatic hydroxyl groups excluding tert-OH is 1. The van der Waals surface area contributed by atoms with Crippen LogP contribution in [0, 0.1) is 11.3 Å². The molecule has 18 heavy (non-hydrogen) atoms. The second kappa shape index (κ2) is 5.40. The molecule has 0 radical (unpaired) electrons. The van der Waals surface area contributed by atoms with Crippen LogP contribution in [0.4, 0.5) is 0 Å². The Bertz CT molecular complexity index is 429. The van der Waals surface area contributed by atoms with Crippen molar-refractivity contribution in [1.82, 2.24) is 0 Å². The normalized spacial score (nSPS) is 24.8. The molecule has 3 heteroatoms. The fourth-order valence-electron chi connectivity index (χ4n) is 3.03. The van der Waals surface area contributed by atoms with E-state index >= 15 is 0 Å². The van der Waals surface area contributed by atoms with Crippen LogP contribution < -0.4 is 0 Å². The molecule has 1 saturated carbocycles. The van der Waals surface area contributed by atoms with E-state index in [1.54, 1.807) is 12.1 Å². The Labute approximate surface area is 119 Å². The molecule has 1 nitrogen and oxygen atoms in total. The Morgan fingerprint density at radius 1 is 1.22 bits per heavy atom. The van der Waals surface area contributed by atoms with Crippen LogP contribution in [0.15, 0.2) is 18.2 Å². The molecule has 0 spiro atoms. The summed E-state index contributed by atoms with van der Waals surface area (Å²) in [6, 6.07) is 5.43. The van der Waals surface area contributed by atoms with Crippen LogP contribution in [0.2, 0.25) is 10.0 Å². The molecule has 0 aliphatic heterocycles. The molecule has 0 bridgehead atoms. The Kier molecular flexibility index (Phi) is 4.25. The number of rotatable bonds is 2. The quantitative estimate of drug-likeness (QED) is 0.788. The predicted octanol–water partition coefficient (Wildman–Crippen LogP) is 5.24. The zero-order valence-corrected chi connectivity index (χ0v) is 12.4. The zero-order valence-electron chi connectivity index (χ0n) is 10.9. The van der Waals surface area contributed by atoms with Gasteiger partial charge < -0.3 is 5.11 Å². The Hall–Kier alpha value is -0.240. The van der Waals surface area contributed by atoms with Crippen molar-refractivity contribution in [2.45, 2.75) is 45.6 Å². The van der Waals surface area contributed by atoms with Gasteiger partial charge in [0.25, 0.3) is 0 Å². The highest BCUT2D eigenvalue weighted by atomic mass is 35.5. The third kappa shape index (κ3) is 2.84. The molecule has 2 rings (SSSR count). The Balaban J connectivity index is 2.24. The standard InChI is InChI=1S/C15H20Cl2O/c1-15(2)8-4-3-5-11(15)14(18)10-6-7-12(16)13(17)9-10/h6-7,9,11,14,18H,3-5,8H2,1-2H3. The minimum absolute atomic E-state index is 0.184. The minimum Gasteiger partial charge on any atom is -0.388 e. The predicted molar refractivity (Wildman–Crippen MR) is 77.2 cm³/mol. The average molecular weight is 287 g/mol. The van der Waals surface area contributed by atoms with Crippen LogP contribution in [0.1, 0.15) is 51.2 Å². The number of halogens is 2. The summed E-state index contributed by atoms with van der Waals surface area (Å²) in [6.45, 7) is 4.50. The van der Waals surface area contributed by atoms with Gasteiger partial charge in [-0.2, -0.15) is 0 Å². The molecule has 1 N–H and O–H groups in total. The fraction of sp³-hybridized carbons (Fsp3) is 0.600. The van der Waals surface area contributed by atoms with E-state index in [1.807, 2.05) is 6.07 Å². The van der Waals surface area contributed by atoms with Gasteiger partial charge in [0, 0.05) is 0 Å². The van der Waals surface area contributed by atoms with Gasteiger partial charge in [0.05, 0.1) is 16.1 Å². The van der Waals surface area contributed by atoms with Gasteiger partial charge in [-0.05, 0) is 41.9 Å². The van der Waals surface area contributed by atoms with Crippen molar-refractivity contribution in [3.05, 3.63) is 33.8 Å². The van der Waals surface area contributed by atoms with Gasteiger partial charge >= 0.3 is 0 Å². The molecule has 1 aromatic rings. The number of hydrogen-bond acceptors (Lipinski definition) is 1. The van der Waals surface area contributed by atoms with E-state index in [0.29, 0.717) is 16.0 Å². The molecule has 1 aliphatic carbocycles. The lowest BCUT2D eigenvalue weighted by atomic mass is 9.65. The molecule has 2 atom stereocenters. The van der Waals surface area contributed by atoms with Crippen molar-refractivity contribution in [3.63, 3.8) is 0 Å². The van der Waals surface area contributed by atoms with E-state index in [1.165, 1.54) is 19.3 Å². The summed E-state index contributed by atoms with van der Waals surface area (Å²) < 4.78 is 0. The maximum Gasteiger partial charge on any atom is 0.0823 e. The summed E-state index contributed by atoms with van der Waals surface area (Å²) in [4.78, 5) is 0. The van der Waals surface area contributed by atoms with Gasteiger partial charge in [0.2, 0.25) is 0 Å². The SMILES string of the molecule is CC1(C)CCCCC1C(O)c1ccc(Cl)c(Cl)c1. The highest BCUT2D eigenvalue weighted by Gasteiger charge is 2.37. The second-order valence-electron chi connectivity index (χ2n) is 5.96. The van der Waals surface area contributed by atoms with Crippen LogP contribution in [0.5, 0.6) is 0 Å². The maximum absolute atomic E-state index is 10.6. The van der Waals surface area contributed by atoms with E-state index in [9.17, 15) is 5.11 Å². The average Bonchev–Trinajstić information content (AvgIpc) is 2.31. The summed E-state index contributed by atoms with van der Waals surface area (Å²) >= 11 is 11.9. The van der Waals surface area contributed by atoms with Crippen molar-refractivity contribution >= 4 is 23.2 Å². The summed E-state index contributed by atoms with van der Waals surface area (Å²) in [7, 11) is 0. The molecule has 1 aromatic carbocycles. The van der Waals surface area contributed by atoms with E-state index in [-0.39, 0.29) is 5.41 Å². The molecule has 100 valence electrons. The van der Waals surface area contributed by atoms with E-state index in [4.69, 9.17) is 23.2 Å². The van der Waals surface area contributed by atoms with Gasteiger partial charge in [0.15, 0.2) is 0 Å². The third-order valence-corrected chi connectivity index (χ3v) is 5.00. The van der Waals surface area contributed by atoms with Gasteiger partial charge in [-0.25, -0.2) is 0 Å². The van der Waals surface area contributed by atoms with Crippen LogP contribution in [0.3, 0.4) is 0 Å². The monoisotopic (exact) mass is 286 g/mol. The molecule has 0 amide bonds. The summed E-state index contributed by atoms with van der Waals surface area (Å²) in [5, 5.41) is 11.6. The first-order valence-electron chi connectivity index (χ1n) is 6.55. The first-order valence-corrected chi connectivity index (χ1v) is 7.30. The molecular weight excluding hydrogens is 267 g/mol. The Morgan fingerprint density at radius 3 is 2.56 bits per heavy atom. The highest BCUT2D eigenvalue weighted by Crippen LogP contribution is 2.47. The van der Waals surface area contributed by atoms with Crippen LogP contribution in [-0.2, 0) is 0 Å². The molecular formula is C15H20Cl2O. The lowest BCUT2D eigenvalue weighted by Crippen LogP contribution is -2.32. The molecule has 0 heterocycles. The van der Waals surface area contributed by atoms with Gasteiger partial charge in [-0.3, -0.25) is 0 Å². The summed E-state index contributed by atoms with van der Waals surface area (Å²) in [5.74, 6) is 0.295. The van der Waals surface area contributed by atoms with Gasteiger partial charge in [-0.1, -0.05) is 56.0 Å². The fourth-order valence-corrected chi connectivity index (χ4v) is 3.34. The van der Waals surface area contributed by atoms with E-state index in [2.05, 4.69) is 13.8 Å². The van der Waals surface area contributed by atoms with Crippen LogP contribution >= 0.6 is 23.2 Å². The van der Waals surface area contributed by atoms with Crippen molar-refractivity contribution in [2.24, 2.45) is 11.3 Å².